The minimum absolute atomic E-state index is 0.237. The van der Waals surface area contributed by atoms with E-state index in [4.69, 9.17) is 0 Å². The van der Waals surface area contributed by atoms with Gasteiger partial charge in [-0.2, -0.15) is 0 Å². The number of likely N-dealkylation sites (tertiary alicyclic amines) is 1. The molecule has 1 N–H and O–H groups in total. The Bertz CT molecular complexity index is 442. The predicted octanol–water partition coefficient (Wildman–Crippen LogP) is 1.88. The molecule has 0 saturated carbocycles. The second kappa shape index (κ2) is 4.10. The molecule has 3 heterocycles. The second-order valence-corrected chi connectivity index (χ2v) is 6.13. The highest BCUT2D eigenvalue weighted by Gasteiger charge is 2.44. The summed E-state index contributed by atoms with van der Waals surface area (Å²) in [4.78, 5) is 15.6. The highest BCUT2D eigenvalue weighted by molar-refractivity contribution is 7.12. The number of hydrogen-bond donors (Lipinski definition) is 1. The molecule has 3 atom stereocenters. The van der Waals surface area contributed by atoms with E-state index in [1.165, 1.54) is 0 Å². The molecule has 1 amide bonds. The van der Waals surface area contributed by atoms with Crippen LogP contribution in [0.2, 0.25) is 0 Å². The standard InChI is InChI=1S/C13H18N2OS/c1-8-3-4-17-12(8)13(16)15-9(2)5-10-6-14-7-11(10)15/h3-4,9-11,14H,5-7H2,1-2H3. The van der Waals surface area contributed by atoms with Crippen LogP contribution in [0.5, 0.6) is 0 Å². The lowest BCUT2D eigenvalue weighted by Crippen LogP contribution is -2.42. The summed E-state index contributed by atoms with van der Waals surface area (Å²) >= 11 is 1.57. The number of carbonyl (C=O) groups is 1. The van der Waals surface area contributed by atoms with Crippen molar-refractivity contribution >= 4 is 17.2 Å². The Balaban J connectivity index is 1.88. The lowest BCUT2D eigenvalue weighted by atomic mass is 10.0. The minimum atomic E-state index is 0.237. The molecule has 3 nitrogen and oxygen atoms in total. The van der Waals surface area contributed by atoms with Crippen molar-refractivity contribution in [2.45, 2.75) is 32.4 Å². The average Bonchev–Trinajstić information content (AvgIpc) is 2.92. The van der Waals surface area contributed by atoms with E-state index in [-0.39, 0.29) is 5.91 Å². The van der Waals surface area contributed by atoms with Crippen LogP contribution in [0.1, 0.15) is 28.6 Å². The third-order valence-electron chi connectivity index (χ3n) is 4.07. The monoisotopic (exact) mass is 250 g/mol. The summed E-state index contributed by atoms with van der Waals surface area (Å²) in [6.45, 7) is 6.24. The van der Waals surface area contributed by atoms with Crippen molar-refractivity contribution < 1.29 is 4.79 Å². The topological polar surface area (TPSA) is 32.3 Å². The fourth-order valence-electron chi connectivity index (χ4n) is 3.22. The maximum absolute atomic E-state index is 12.6. The molecule has 4 heteroatoms. The number of aryl methyl sites for hydroxylation is 1. The Morgan fingerprint density at radius 1 is 1.53 bits per heavy atom. The van der Waals surface area contributed by atoms with Crippen LogP contribution in [0.15, 0.2) is 11.4 Å². The van der Waals surface area contributed by atoms with E-state index in [2.05, 4.69) is 17.1 Å². The Hall–Kier alpha value is -0.870. The van der Waals surface area contributed by atoms with Crippen molar-refractivity contribution in [3.63, 3.8) is 0 Å². The molecule has 0 aromatic carbocycles. The van der Waals surface area contributed by atoms with E-state index in [1.807, 2.05) is 18.4 Å². The molecular formula is C13H18N2OS. The first-order valence-corrected chi connectivity index (χ1v) is 7.14. The van der Waals surface area contributed by atoms with Gasteiger partial charge in [0.05, 0.1) is 4.88 Å². The fourth-order valence-corrected chi connectivity index (χ4v) is 4.09. The van der Waals surface area contributed by atoms with Crippen LogP contribution in [0.3, 0.4) is 0 Å². The van der Waals surface area contributed by atoms with Crippen molar-refractivity contribution in [2.24, 2.45) is 5.92 Å². The second-order valence-electron chi connectivity index (χ2n) is 5.22. The van der Waals surface area contributed by atoms with Crippen molar-refractivity contribution in [3.05, 3.63) is 21.9 Å². The van der Waals surface area contributed by atoms with E-state index >= 15 is 0 Å². The molecule has 92 valence electrons. The van der Waals surface area contributed by atoms with Crippen molar-refractivity contribution in [3.8, 4) is 0 Å². The first-order valence-electron chi connectivity index (χ1n) is 6.26. The number of hydrogen-bond acceptors (Lipinski definition) is 3. The molecule has 2 aliphatic heterocycles. The van der Waals surface area contributed by atoms with Gasteiger partial charge in [0.2, 0.25) is 0 Å². The van der Waals surface area contributed by atoms with Crippen LogP contribution in [0, 0.1) is 12.8 Å². The average molecular weight is 250 g/mol. The summed E-state index contributed by atoms with van der Waals surface area (Å²) in [7, 11) is 0. The number of nitrogens with one attached hydrogen (secondary N) is 1. The lowest BCUT2D eigenvalue weighted by molar-refractivity contribution is 0.0686. The fraction of sp³-hybridized carbons (Fsp3) is 0.615. The van der Waals surface area contributed by atoms with Crippen molar-refractivity contribution in [2.75, 3.05) is 13.1 Å². The quantitative estimate of drug-likeness (QED) is 0.825. The SMILES string of the molecule is Cc1ccsc1C(=O)N1C(C)CC2CNCC21. The zero-order valence-electron chi connectivity index (χ0n) is 10.3. The van der Waals surface area contributed by atoms with Gasteiger partial charge in [-0.25, -0.2) is 0 Å². The van der Waals surface area contributed by atoms with Crippen LogP contribution >= 0.6 is 11.3 Å². The number of carbonyl (C=O) groups excluding carboxylic acids is 1. The van der Waals surface area contributed by atoms with E-state index in [0.29, 0.717) is 18.0 Å². The van der Waals surface area contributed by atoms with Gasteiger partial charge in [0, 0.05) is 25.2 Å². The highest BCUT2D eigenvalue weighted by atomic mass is 32.1. The number of amides is 1. The minimum Gasteiger partial charge on any atom is -0.331 e. The number of thiophene rings is 1. The molecule has 0 aliphatic carbocycles. The zero-order chi connectivity index (χ0) is 12.0. The zero-order valence-corrected chi connectivity index (χ0v) is 11.1. The van der Waals surface area contributed by atoms with Crippen LogP contribution < -0.4 is 5.32 Å². The van der Waals surface area contributed by atoms with Gasteiger partial charge >= 0.3 is 0 Å². The maximum atomic E-state index is 12.6. The largest absolute Gasteiger partial charge is 0.331 e. The summed E-state index contributed by atoms with van der Waals surface area (Å²) in [6.07, 6.45) is 1.15. The molecule has 0 bridgehead atoms. The van der Waals surface area contributed by atoms with Crippen LogP contribution in [0.25, 0.3) is 0 Å². The summed E-state index contributed by atoms with van der Waals surface area (Å²) in [5, 5.41) is 5.41. The normalized spacial score (nSPS) is 31.9. The lowest BCUT2D eigenvalue weighted by Gasteiger charge is -2.27. The van der Waals surface area contributed by atoms with Crippen LogP contribution in [-0.2, 0) is 0 Å². The van der Waals surface area contributed by atoms with Crippen molar-refractivity contribution in [1.82, 2.24) is 10.2 Å². The Morgan fingerprint density at radius 3 is 3.06 bits per heavy atom. The highest BCUT2D eigenvalue weighted by Crippen LogP contribution is 2.34. The summed E-state index contributed by atoms with van der Waals surface area (Å²) in [5.41, 5.74) is 1.11. The smallest absolute Gasteiger partial charge is 0.264 e. The number of rotatable bonds is 1. The van der Waals surface area contributed by atoms with E-state index < -0.39 is 0 Å². The molecule has 2 fully saturated rings. The van der Waals surface area contributed by atoms with Gasteiger partial charge in [0.25, 0.3) is 5.91 Å². The number of nitrogens with zero attached hydrogens (tertiary/aromatic N) is 1. The first kappa shape index (κ1) is 11.2. The summed E-state index contributed by atoms with van der Waals surface area (Å²) in [6, 6.07) is 2.84. The van der Waals surface area contributed by atoms with Crippen molar-refractivity contribution in [1.29, 1.82) is 0 Å². The maximum Gasteiger partial charge on any atom is 0.264 e. The molecule has 0 spiro atoms. The Kier molecular flexibility index (Phi) is 2.71. The molecule has 1 aromatic heterocycles. The van der Waals surface area contributed by atoms with E-state index in [1.54, 1.807) is 11.3 Å². The summed E-state index contributed by atoms with van der Waals surface area (Å²) < 4.78 is 0. The predicted molar refractivity (Wildman–Crippen MR) is 69.5 cm³/mol. The third-order valence-corrected chi connectivity index (χ3v) is 5.08. The first-order chi connectivity index (χ1) is 8.18. The van der Waals surface area contributed by atoms with Crippen LogP contribution in [0.4, 0.5) is 0 Å². The van der Waals surface area contributed by atoms with Gasteiger partial charge in [-0.15, -0.1) is 11.3 Å². The van der Waals surface area contributed by atoms with Gasteiger partial charge in [0.15, 0.2) is 0 Å². The molecule has 3 rings (SSSR count). The van der Waals surface area contributed by atoms with Gasteiger partial charge in [-0.05, 0) is 43.2 Å². The van der Waals surface area contributed by atoms with Gasteiger partial charge in [0.1, 0.15) is 0 Å². The number of fused-ring (bicyclic) bond motifs is 1. The molecule has 3 unspecified atom stereocenters. The van der Waals surface area contributed by atoms with E-state index in [9.17, 15) is 4.79 Å². The van der Waals surface area contributed by atoms with E-state index in [0.717, 1.165) is 30.0 Å². The third kappa shape index (κ3) is 1.70. The molecule has 1 aromatic rings. The van der Waals surface area contributed by atoms with Gasteiger partial charge in [-0.3, -0.25) is 4.79 Å². The molecular weight excluding hydrogens is 232 g/mol. The molecule has 2 aliphatic rings. The van der Waals surface area contributed by atoms with Crippen LogP contribution in [-0.4, -0.2) is 36.0 Å². The van der Waals surface area contributed by atoms with Gasteiger partial charge in [-0.1, -0.05) is 0 Å². The molecule has 17 heavy (non-hydrogen) atoms. The molecule has 0 radical (unpaired) electrons. The van der Waals surface area contributed by atoms with Gasteiger partial charge < -0.3 is 10.2 Å². The Morgan fingerprint density at radius 2 is 2.35 bits per heavy atom. The summed E-state index contributed by atoms with van der Waals surface area (Å²) in [5.74, 6) is 0.899. The molecule has 2 saturated heterocycles. The Labute approximate surface area is 106 Å².